The molecule has 0 aliphatic heterocycles. The van der Waals surface area contributed by atoms with E-state index >= 15 is 0 Å². The van der Waals surface area contributed by atoms with Gasteiger partial charge in [-0.1, -0.05) is 271 Å². The lowest BCUT2D eigenvalue weighted by molar-refractivity contribution is 0.0581. The molecule has 0 N–H and O–H groups in total. The molecule has 0 spiro atoms. The average molecular weight is 840 g/mol. The van der Waals surface area contributed by atoms with Crippen molar-refractivity contribution in [2.75, 3.05) is 0 Å². The summed E-state index contributed by atoms with van der Waals surface area (Å²) in [6.45, 7) is 35.8. The summed E-state index contributed by atoms with van der Waals surface area (Å²) < 4.78 is 0. The molecule has 61 heavy (non-hydrogen) atoms. The second-order valence-electron chi connectivity index (χ2n) is 20.7. The molecule has 3 aliphatic rings. The Labute approximate surface area is 384 Å². The van der Waals surface area contributed by atoms with Crippen LogP contribution in [0, 0.1) is 61.2 Å². The van der Waals surface area contributed by atoms with Crippen LogP contribution in [0.2, 0.25) is 0 Å². The van der Waals surface area contributed by atoms with Gasteiger partial charge in [-0.25, -0.2) is 0 Å². The molecule has 0 heteroatoms. The van der Waals surface area contributed by atoms with Gasteiger partial charge < -0.3 is 0 Å². The predicted molar refractivity (Wildman–Crippen MR) is 280 cm³/mol. The summed E-state index contributed by atoms with van der Waals surface area (Å²) in [7, 11) is 0. The van der Waals surface area contributed by atoms with E-state index in [1.165, 1.54) is 143 Å². The van der Waals surface area contributed by atoms with Crippen molar-refractivity contribution in [2.24, 2.45) is 40.4 Å². The summed E-state index contributed by atoms with van der Waals surface area (Å²) in [5, 5.41) is 0. The Kier molecular flexibility index (Phi) is 33.7. The molecule has 0 radical (unpaired) electrons. The number of aryl methyl sites for hydroxylation is 3. The number of unbranched alkanes of at least 4 members (excludes halogenated alkanes) is 5. The molecule has 0 aromatic heterocycles. The molecule has 0 nitrogen and oxygen atoms in total. The zero-order valence-electron chi connectivity index (χ0n) is 44.0. The first-order valence-electron chi connectivity index (χ1n) is 26.3. The normalized spacial score (nSPS) is 23.6. The maximum absolute atomic E-state index is 2.46. The SMILES string of the molecule is CC.CC.CC1CCC(CC2CCC(C)CC2)CC1.CCC1(C)CC(C)CC(C)(C)C1.CCCCCCCC.Cc1ccc(Cc2ccccc2)cc1.Cc1ccccc1C. The molecule has 6 rings (SSSR count). The Balaban J connectivity index is 0.000000737. The van der Waals surface area contributed by atoms with Crippen LogP contribution in [0.1, 0.15) is 240 Å². The maximum Gasteiger partial charge on any atom is -0.00258 e. The quantitative estimate of drug-likeness (QED) is 0.178. The van der Waals surface area contributed by atoms with Crippen LogP contribution < -0.4 is 0 Å². The first-order chi connectivity index (χ1) is 29.2. The summed E-state index contributed by atoms with van der Waals surface area (Å²) in [6.07, 6.45) is 28.9. The lowest BCUT2D eigenvalue weighted by Gasteiger charge is -2.45. The molecule has 3 saturated carbocycles. The van der Waals surface area contributed by atoms with Gasteiger partial charge in [-0.3, -0.25) is 0 Å². The van der Waals surface area contributed by atoms with E-state index < -0.39 is 0 Å². The Hall–Kier alpha value is -2.34. The topological polar surface area (TPSA) is 0 Å². The third kappa shape index (κ3) is 28.9. The molecule has 2 unspecified atom stereocenters. The van der Waals surface area contributed by atoms with Crippen LogP contribution in [0.4, 0.5) is 0 Å². The molecule has 350 valence electrons. The van der Waals surface area contributed by atoms with Crippen molar-refractivity contribution < 1.29 is 0 Å². The van der Waals surface area contributed by atoms with E-state index in [1.807, 2.05) is 27.7 Å². The van der Waals surface area contributed by atoms with Crippen molar-refractivity contribution >= 4 is 0 Å². The smallest absolute Gasteiger partial charge is 0.00258 e. The summed E-state index contributed by atoms with van der Waals surface area (Å²) in [5.74, 6) is 5.16. The highest BCUT2D eigenvalue weighted by Crippen LogP contribution is 2.50. The highest BCUT2D eigenvalue weighted by molar-refractivity contribution is 5.28. The molecule has 3 aromatic rings. The first-order valence-corrected chi connectivity index (χ1v) is 26.3. The summed E-state index contributed by atoms with van der Waals surface area (Å²) in [5.41, 5.74) is 8.02. The van der Waals surface area contributed by atoms with Crippen molar-refractivity contribution in [2.45, 2.75) is 239 Å². The monoisotopic (exact) mass is 839 g/mol. The van der Waals surface area contributed by atoms with Gasteiger partial charge in [0, 0.05) is 0 Å². The van der Waals surface area contributed by atoms with Crippen molar-refractivity contribution in [3.63, 3.8) is 0 Å². The van der Waals surface area contributed by atoms with E-state index in [-0.39, 0.29) is 0 Å². The number of hydrogen-bond acceptors (Lipinski definition) is 0. The minimum absolute atomic E-state index is 0.586. The molecule has 0 saturated heterocycles. The van der Waals surface area contributed by atoms with E-state index in [0.717, 1.165) is 36.0 Å². The molecule has 3 aliphatic carbocycles. The van der Waals surface area contributed by atoms with E-state index in [4.69, 9.17) is 0 Å². The lowest BCUT2D eigenvalue weighted by Crippen LogP contribution is -2.34. The van der Waals surface area contributed by atoms with Gasteiger partial charge in [-0.05, 0) is 116 Å². The van der Waals surface area contributed by atoms with Gasteiger partial charge in [-0.15, -0.1) is 0 Å². The van der Waals surface area contributed by atoms with Gasteiger partial charge >= 0.3 is 0 Å². The van der Waals surface area contributed by atoms with Crippen LogP contribution >= 0.6 is 0 Å². The molecule has 2 atom stereocenters. The van der Waals surface area contributed by atoms with Crippen LogP contribution in [0.15, 0.2) is 78.9 Å². The van der Waals surface area contributed by atoms with Crippen LogP contribution in [0.25, 0.3) is 0 Å². The number of benzene rings is 3. The van der Waals surface area contributed by atoms with Gasteiger partial charge in [0.2, 0.25) is 0 Å². The second kappa shape index (κ2) is 35.1. The second-order valence-corrected chi connectivity index (χ2v) is 20.7. The highest BCUT2D eigenvalue weighted by Gasteiger charge is 2.38. The van der Waals surface area contributed by atoms with E-state index in [0.29, 0.717) is 10.8 Å². The van der Waals surface area contributed by atoms with Gasteiger partial charge in [-0.2, -0.15) is 0 Å². The van der Waals surface area contributed by atoms with Crippen molar-refractivity contribution in [1.82, 2.24) is 0 Å². The molecule has 0 bridgehead atoms. The minimum atomic E-state index is 0.586. The Morgan fingerprint density at radius 1 is 0.475 bits per heavy atom. The average Bonchev–Trinajstić information content (AvgIpc) is 3.25. The van der Waals surface area contributed by atoms with E-state index in [1.54, 1.807) is 6.42 Å². The van der Waals surface area contributed by atoms with Crippen LogP contribution in [-0.4, -0.2) is 0 Å². The fraction of sp³-hybridized carbons (Fsp3) is 0.705. The number of hydrogen-bond donors (Lipinski definition) is 0. The van der Waals surface area contributed by atoms with Crippen molar-refractivity contribution in [3.8, 4) is 0 Å². The summed E-state index contributed by atoms with van der Waals surface area (Å²) in [4.78, 5) is 0. The van der Waals surface area contributed by atoms with Gasteiger partial charge in [0.15, 0.2) is 0 Å². The predicted octanol–water partition coefficient (Wildman–Crippen LogP) is 20.6. The largest absolute Gasteiger partial charge is 0.0683 e. The third-order valence-corrected chi connectivity index (χ3v) is 13.7. The highest BCUT2D eigenvalue weighted by atomic mass is 14.4. The molecular weight excluding hydrogens is 733 g/mol. The lowest BCUT2D eigenvalue weighted by atomic mass is 9.60. The third-order valence-electron chi connectivity index (χ3n) is 13.7. The van der Waals surface area contributed by atoms with Gasteiger partial charge in [0.1, 0.15) is 0 Å². The molecule has 3 fully saturated rings. The Morgan fingerprint density at radius 2 is 0.885 bits per heavy atom. The van der Waals surface area contributed by atoms with E-state index in [2.05, 4.69) is 162 Å². The summed E-state index contributed by atoms with van der Waals surface area (Å²) >= 11 is 0. The van der Waals surface area contributed by atoms with Crippen LogP contribution in [-0.2, 0) is 6.42 Å². The zero-order chi connectivity index (χ0) is 46.1. The zero-order valence-corrected chi connectivity index (χ0v) is 44.0. The van der Waals surface area contributed by atoms with Crippen molar-refractivity contribution in [1.29, 1.82) is 0 Å². The minimum Gasteiger partial charge on any atom is -0.0683 e. The fourth-order valence-electron chi connectivity index (χ4n) is 10.1. The van der Waals surface area contributed by atoms with Gasteiger partial charge in [0.05, 0.1) is 0 Å². The Morgan fingerprint density at radius 3 is 1.26 bits per heavy atom. The first kappa shape index (κ1) is 58.7. The molecule has 0 amide bonds. The van der Waals surface area contributed by atoms with Crippen LogP contribution in [0.3, 0.4) is 0 Å². The van der Waals surface area contributed by atoms with Gasteiger partial charge in [0.25, 0.3) is 0 Å². The fourth-order valence-corrected chi connectivity index (χ4v) is 10.1. The van der Waals surface area contributed by atoms with Crippen LogP contribution in [0.5, 0.6) is 0 Å². The molecule has 0 heterocycles. The number of rotatable bonds is 10. The summed E-state index contributed by atoms with van der Waals surface area (Å²) in [6, 6.07) is 27.6. The molecule has 3 aromatic carbocycles. The van der Waals surface area contributed by atoms with Crippen molar-refractivity contribution in [3.05, 3.63) is 107 Å². The molecular formula is C61H106. The van der Waals surface area contributed by atoms with E-state index in [9.17, 15) is 0 Å². The standard InChI is InChI=1S/C15H28.C14H14.C12H24.C8H10.C8H18.2C2H6/c1-12-3-7-14(8-4-12)11-15-9-5-13(2)6-10-15;1-12-7-9-14(10-8-12)11-13-5-3-2-4-6-13;1-6-12(5)8-10(2)7-11(3,4)9-12;1-7-5-3-4-6-8(7)2;1-3-5-7-8-6-4-2;2*1-2/h12-15H,3-11H2,1-2H3;2-10H,11H2,1H3;10H,6-9H2,1-5H3;3-6H,1-2H3;3-8H2,1-2H3;2*1-2H3. The maximum atomic E-state index is 2.46. The Bertz CT molecular complexity index is 1330.